The second kappa shape index (κ2) is 10.9. The summed E-state index contributed by atoms with van der Waals surface area (Å²) in [5.41, 5.74) is 0.991. The van der Waals surface area contributed by atoms with Gasteiger partial charge >= 0.3 is 0 Å². The summed E-state index contributed by atoms with van der Waals surface area (Å²) in [5.74, 6) is 1.32. The molecule has 2 aromatic rings. The van der Waals surface area contributed by atoms with Crippen molar-refractivity contribution >= 4 is 0 Å². The summed E-state index contributed by atoms with van der Waals surface area (Å²) in [4.78, 5) is 4.42. The summed E-state index contributed by atoms with van der Waals surface area (Å²) in [6.07, 6.45) is 10.8. The first-order valence-corrected chi connectivity index (χ1v) is 8.99. The molecule has 0 radical (unpaired) electrons. The molecule has 1 N–H and O–H groups in total. The minimum atomic E-state index is 0.649. The third-order valence-corrected chi connectivity index (χ3v) is 3.98. The fourth-order valence-corrected chi connectivity index (χ4v) is 2.61. The van der Waals surface area contributed by atoms with Crippen LogP contribution in [-0.2, 0) is 6.54 Å². The van der Waals surface area contributed by atoms with Gasteiger partial charge in [-0.05, 0) is 13.0 Å². The standard InChI is InChI=1S/C19H29N3O/c1-2-3-4-5-6-7-8-12-15-20-16-18-21-19(22-23-18)17-13-10-9-11-14-17/h9-11,13-14,20H,2-8,12,15-16H2,1H3. The van der Waals surface area contributed by atoms with Crippen molar-refractivity contribution in [2.24, 2.45) is 0 Å². The van der Waals surface area contributed by atoms with Gasteiger partial charge in [-0.15, -0.1) is 0 Å². The predicted octanol–water partition coefficient (Wildman–Crippen LogP) is 4.97. The Morgan fingerprint density at radius 1 is 0.913 bits per heavy atom. The maximum atomic E-state index is 5.28. The van der Waals surface area contributed by atoms with Crippen molar-refractivity contribution in [3.05, 3.63) is 36.2 Å². The van der Waals surface area contributed by atoms with Crippen molar-refractivity contribution in [1.29, 1.82) is 0 Å². The molecule has 0 fully saturated rings. The average Bonchev–Trinajstić information content (AvgIpc) is 3.06. The van der Waals surface area contributed by atoms with Crippen LogP contribution in [0.4, 0.5) is 0 Å². The van der Waals surface area contributed by atoms with Gasteiger partial charge in [-0.3, -0.25) is 0 Å². The van der Waals surface area contributed by atoms with Crippen LogP contribution in [0.3, 0.4) is 0 Å². The van der Waals surface area contributed by atoms with Gasteiger partial charge in [-0.2, -0.15) is 4.98 Å². The summed E-state index contributed by atoms with van der Waals surface area (Å²) in [7, 11) is 0. The molecule has 1 aromatic heterocycles. The van der Waals surface area contributed by atoms with Crippen molar-refractivity contribution in [1.82, 2.24) is 15.5 Å². The van der Waals surface area contributed by atoms with E-state index < -0.39 is 0 Å². The Labute approximate surface area is 139 Å². The molecule has 4 heteroatoms. The SMILES string of the molecule is CCCCCCCCCCNCc1nc(-c2ccccc2)no1. The lowest BCUT2D eigenvalue weighted by Crippen LogP contribution is -2.14. The highest BCUT2D eigenvalue weighted by Crippen LogP contribution is 2.14. The van der Waals surface area contributed by atoms with Crippen molar-refractivity contribution in [2.75, 3.05) is 6.54 Å². The van der Waals surface area contributed by atoms with E-state index >= 15 is 0 Å². The number of hydrogen-bond acceptors (Lipinski definition) is 4. The van der Waals surface area contributed by atoms with Gasteiger partial charge in [0.05, 0.1) is 6.54 Å². The molecular formula is C19H29N3O. The van der Waals surface area contributed by atoms with Crippen molar-refractivity contribution < 1.29 is 4.52 Å². The summed E-state index contributed by atoms with van der Waals surface area (Å²) < 4.78 is 5.28. The Morgan fingerprint density at radius 3 is 2.35 bits per heavy atom. The summed E-state index contributed by atoms with van der Waals surface area (Å²) >= 11 is 0. The van der Waals surface area contributed by atoms with Crippen LogP contribution in [0.2, 0.25) is 0 Å². The number of unbranched alkanes of at least 4 members (excludes halogenated alkanes) is 7. The normalized spacial score (nSPS) is 11.0. The topological polar surface area (TPSA) is 51.0 Å². The van der Waals surface area contributed by atoms with E-state index in [1.165, 1.54) is 51.4 Å². The van der Waals surface area contributed by atoms with Gasteiger partial charge in [-0.1, -0.05) is 87.4 Å². The fraction of sp³-hybridized carbons (Fsp3) is 0.579. The second-order valence-electron chi connectivity index (χ2n) is 6.03. The molecule has 0 aliphatic heterocycles. The molecule has 126 valence electrons. The maximum Gasteiger partial charge on any atom is 0.240 e. The molecular weight excluding hydrogens is 286 g/mol. The molecule has 0 atom stereocenters. The zero-order chi connectivity index (χ0) is 16.2. The Bertz CT molecular complexity index is 524. The van der Waals surface area contributed by atoms with E-state index in [1.807, 2.05) is 30.3 Å². The fourth-order valence-electron chi connectivity index (χ4n) is 2.61. The molecule has 0 spiro atoms. The molecule has 0 aliphatic rings. The van der Waals surface area contributed by atoms with Gasteiger partial charge < -0.3 is 9.84 Å². The Morgan fingerprint density at radius 2 is 1.61 bits per heavy atom. The second-order valence-corrected chi connectivity index (χ2v) is 6.03. The van der Waals surface area contributed by atoms with E-state index in [0.29, 0.717) is 18.3 Å². The van der Waals surface area contributed by atoms with Gasteiger partial charge in [0.2, 0.25) is 11.7 Å². The van der Waals surface area contributed by atoms with Crippen LogP contribution >= 0.6 is 0 Å². The van der Waals surface area contributed by atoms with Gasteiger partial charge in [0.15, 0.2) is 0 Å². The predicted molar refractivity (Wildman–Crippen MR) is 94.1 cm³/mol. The Kier molecular flexibility index (Phi) is 8.41. The van der Waals surface area contributed by atoms with Crippen LogP contribution < -0.4 is 5.32 Å². The number of rotatable bonds is 12. The third kappa shape index (κ3) is 6.95. The van der Waals surface area contributed by atoms with E-state index in [-0.39, 0.29) is 0 Å². The molecule has 0 unspecified atom stereocenters. The maximum absolute atomic E-state index is 5.28. The van der Waals surface area contributed by atoms with Crippen LogP contribution in [-0.4, -0.2) is 16.7 Å². The lowest BCUT2D eigenvalue weighted by atomic mass is 10.1. The highest BCUT2D eigenvalue weighted by molar-refractivity contribution is 5.53. The highest BCUT2D eigenvalue weighted by Gasteiger charge is 2.07. The van der Waals surface area contributed by atoms with Crippen LogP contribution in [0.25, 0.3) is 11.4 Å². The summed E-state index contributed by atoms with van der Waals surface area (Å²) in [6.45, 7) is 3.92. The van der Waals surface area contributed by atoms with Gasteiger partial charge in [0.1, 0.15) is 0 Å². The molecule has 4 nitrogen and oxygen atoms in total. The zero-order valence-corrected chi connectivity index (χ0v) is 14.3. The van der Waals surface area contributed by atoms with E-state index in [9.17, 15) is 0 Å². The minimum absolute atomic E-state index is 0.649. The van der Waals surface area contributed by atoms with Gasteiger partial charge in [-0.25, -0.2) is 0 Å². The molecule has 1 heterocycles. The zero-order valence-electron chi connectivity index (χ0n) is 14.3. The van der Waals surface area contributed by atoms with Crippen molar-refractivity contribution in [2.45, 2.75) is 64.8 Å². The van der Waals surface area contributed by atoms with E-state index in [2.05, 4.69) is 22.4 Å². The molecule has 0 saturated heterocycles. The Balaban J connectivity index is 1.53. The summed E-state index contributed by atoms with van der Waals surface area (Å²) in [5, 5.41) is 7.41. The van der Waals surface area contributed by atoms with E-state index in [4.69, 9.17) is 4.52 Å². The molecule has 1 aromatic carbocycles. The first-order chi connectivity index (χ1) is 11.4. The number of benzene rings is 1. The molecule has 0 aliphatic carbocycles. The average molecular weight is 315 g/mol. The quantitative estimate of drug-likeness (QED) is 0.562. The van der Waals surface area contributed by atoms with Crippen molar-refractivity contribution in [3.63, 3.8) is 0 Å². The monoisotopic (exact) mass is 315 g/mol. The van der Waals surface area contributed by atoms with Crippen molar-refractivity contribution in [3.8, 4) is 11.4 Å². The van der Waals surface area contributed by atoms with E-state index in [0.717, 1.165) is 12.1 Å². The number of hydrogen-bond donors (Lipinski definition) is 1. The number of nitrogens with zero attached hydrogens (tertiary/aromatic N) is 2. The third-order valence-electron chi connectivity index (χ3n) is 3.98. The van der Waals surface area contributed by atoms with Crippen LogP contribution in [0.1, 0.15) is 64.2 Å². The molecule has 0 saturated carbocycles. The van der Waals surface area contributed by atoms with Crippen LogP contribution in [0, 0.1) is 0 Å². The molecule has 2 rings (SSSR count). The van der Waals surface area contributed by atoms with Gasteiger partial charge in [0.25, 0.3) is 0 Å². The minimum Gasteiger partial charge on any atom is -0.338 e. The highest BCUT2D eigenvalue weighted by atomic mass is 16.5. The lowest BCUT2D eigenvalue weighted by molar-refractivity contribution is 0.367. The van der Waals surface area contributed by atoms with Crippen LogP contribution in [0.5, 0.6) is 0 Å². The lowest BCUT2D eigenvalue weighted by Gasteiger charge is -2.02. The van der Waals surface area contributed by atoms with E-state index in [1.54, 1.807) is 0 Å². The first kappa shape index (κ1) is 17.7. The largest absolute Gasteiger partial charge is 0.338 e. The number of aromatic nitrogens is 2. The smallest absolute Gasteiger partial charge is 0.240 e. The van der Waals surface area contributed by atoms with Crippen LogP contribution in [0.15, 0.2) is 34.9 Å². The van der Waals surface area contributed by atoms with Gasteiger partial charge in [0, 0.05) is 5.56 Å². The molecule has 0 bridgehead atoms. The summed E-state index contributed by atoms with van der Waals surface area (Å²) in [6, 6.07) is 9.92. The first-order valence-electron chi connectivity index (χ1n) is 8.99. The molecule has 0 amide bonds. The molecule has 23 heavy (non-hydrogen) atoms. The Hall–Kier alpha value is -1.68. The number of nitrogens with one attached hydrogen (secondary N) is 1.